The molecular formula is C24H24N2O3. The van der Waals surface area contributed by atoms with Crippen molar-refractivity contribution in [2.75, 3.05) is 13.1 Å². The highest BCUT2D eigenvalue weighted by Crippen LogP contribution is 2.33. The Balaban J connectivity index is 1.37. The maximum Gasteiger partial charge on any atom is 0.286 e. The maximum atomic E-state index is 12.9. The summed E-state index contributed by atoms with van der Waals surface area (Å²) in [7, 11) is 0. The van der Waals surface area contributed by atoms with Crippen molar-refractivity contribution in [2.45, 2.75) is 25.3 Å². The molecule has 1 N–H and O–H groups in total. The summed E-state index contributed by atoms with van der Waals surface area (Å²) in [6, 6.07) is 22.0. The molecule has 0 saturated carbocycles. The van der Waals surface area contributed by atoms with Crippen molar-refractivity contribution in [2.24, 2.45) is 0 Å². The molecule has 0 aliphatic carbocycles. The van der Waals surface area contributed by atoms with E-state index < -0.39 is 0 Å². The summed E-state index contributed by atoms with van der Waals surface area (Å²) in [6.07, 6.45) is 2.47. The van der Waals surface area contributed by atoms with E-state index in [-0.39, 0.29) is 23.5 Å². The summed E-state index contributed by atoms with van der Waals surface area (Å²) in [5, 5.41) is 2.79. The van der Waals surface area contributed by atoms with Crippen LogP contribution < -0.4 is 5.32 Å². The summed E-state index contributed by atoms with van der Waals surface area (Å²) in [5.74, 6) is 0.338. The smallest absolute Gasteiger partial charge is 0.286 e. The molecule has 0 bridgehead atoms. The van der Waals surface area contributed by atoms with Crippen LogP contribution in [0.4, 0.5) is 0 Å². The topological polar surface area (TPSA) is 62.6 Å². The number of rotatable bonds is 6. The molecule has 148 valence electrons. The summed E-state index contributed by atoms with van der Waals surface area (Å²) >= 11 is 0. The number of furan rings is 1. The van der Waals surface area contributed by atoms with E-state index in [9.17, 15) is 9.59 Å². The van der Waals surface area contributed by atoms with Crippen LogP contribution in [-0.4, -0.2) is 29.8 Å². The van der Waals surface area contributed by atoms with Crippen LogP contribution >= 0.6 is 0 Å². The largest absolute Gasteiger partial charge is 0.459 e. The molecule has 2 amide bonds. The number of hydrogen-bond donors (Lipinski definition) is 1. The van der Waals surface area contributed by atoms with Crippen molar-refractivity contribution >= 4 is 11.8 Å². The van der Waals surface area contributed by atoms with Gasteiger partial charge in [0, 0.05) is 32.0 Å². The second kappa shape index (κ2) is 8.78. The second-order valence-electron chi connectivity index (χ2n) is 7.27. The number of benzene rings is 2. The van der Waals surface area contributed by atoms with Gasteiger partial charge in [-0.1, -0.05) is 54.6 Å². The summed E-state index contributed by atoms with van der Waals surface area (Å²) < 4.78 is 5.07. The van der Waals surface area contributed by atoms with Gasteiger partial charge in [0.1, 0.15) is 0 Å². The standard InChI is InChI=1S/C24H24N2O3/c27-23(13-6-14-25-24(28)22-12-7-15-29-22)26-16-19-10-4-5-11-20(19)21(17-26)18-8-2-1-3-9-18/h1-5,7-12,15,21H,6,13-14,16-17H2,(H,25,28)/t21-/m0/s1. The third kappa shape index (κ3) is 4.40. The number of nitrogens with zero attached hydrogens (tertiary/aromatic N) is 1. The van der Waals surface area contributed by atoms with Crippen molar-refractivity contribution in [3.05, 3.63) is 95.4 Å². The van der Waals surface area contributed by atoms with Gasteiger partial charge in [0.2, 0.25) is 5.91 Å². The Morgan fingerprint density at radius 3 is 2.59 bits per heavy atom. The molecule has 0 unspecified atom stereocenters. The lowest BCUT2D eigenvalue weighted by Crippen LogP contribution is -2.38. The minimum atomic E-state index is -0.251. The van der Waals surface area contributed by atoms with Crippen LogP contribution in [0.2, 0.25) is 0 Å². The lowest BCUT2D eigenvalue weighted by molar-refractivity contribution is -0.132. The zero-order valence-corrected chi connectivity index (χ0v) is 16.2. The Morgan fingerprint density at radius 2 is 1.79 bits per heavy atom. The van der Waals surface area contributed by atoms with Gasteiger partial charge < -0.3 is 14.6 Å². The Kier molecular flexibility index (Phi) is 5.75. The zero-order valence-electron chi connectivity index (χ0n) is 16.2. The van der Waals surface area contributed by atoms with Crippen molar-refractivity contribution in [1.82, 2.24) is 10.2 Å². The van der Waals surface area contributed by atoms with Gasteiger partial charge >= 0.3 is 0 Å². The Labute approximate surface area is 170 Å². The predicted octanol–water partition coefficient (Wildman–Crippen LogP) is 3.96. The van der Waals surface area contributed by atoms with Crippen LogP contribution in [-0.2, 0) is 11.3 Å². The van der Waals surface area contributed by atoms with Gasteiger partial charge in [-0.3, -0.25) is 9.59 Å². The first-order chi connectivity index (χ1) is 14.2. The second-order valence-corrected chi connectivity index (χ2v) is 7.27. The van der Waals surface area contributed by atoms with Crippen molar-refractivity contribution in [3.63, 3.8) is 0 Å². The molecule has 29 heavy (non-hydrogen) atoms. The van der Waals surface area contributed by atoms with Crippen LogP contribution in [0.3, 0.4) is 0 Å². The summed E-state index contributed by atoms with van der Waals surface area (Å²) in [4.78, 5) is 26.7. The molecule has 2 heterocycles. The van der Waals surface area contributed by atoms with Crippen LogP contribution in [0.15, 0.2) is 77.4 Å². The molecule has 0 fully saturated rings. The first-order valence-corrected chi connectivity index (χ1v) is 9.94. The Bertz CT molecular complexity index is 967. The van der Waals surface area contributed by atoms with Crippen LogP contribution in [0.25, 0.3) is 0 Å². The van der Waals surface area contributed by atoms with E-state index in [0.29, 0.717) is 32.5 Å². The molecule has 4 rings (SSSR count). The zero-order chi connectivity index (χ0) is 20.1. The Hall–Kier alpha value is -3.34. The molecule has 2 aromatic carbocycles. The SMILES string of the molecule is O=C(NCCCC(=O)N1Cc2ccccc2[C@H](c2ccccc2)C1)c1ccco1. The first-order valence-electron chi connectivity index (χ1n) is 9.94. The molecule has 1 atom stereocenters. The van der Waals surface area contributed by atoms with E-state index in [4.69, 9.17) is 4.42 Å². The van der Waals surface area contributed by atoms with Crippen molar-refractivity contribution < 1.29 is 14.0 Å². The third-order valence-corrected chi connectivity index (χ3v) is 5.35. The van der Waals surface area contributed by atoms with Gasteiger partial charge in [-0.25, -0.2) is 0 Å². The fraction of sp³-hybridized carbons (Fsp3) is 0.250. The molecular weight excluding hydrogens is 364 g/mol. The van der Waals surface area contributed by atoms with Gasteiger partial charge in [-0.2, -0.15) is 0 Å². The lowest BCUT2D eigenvalue weighted by atomic mass is 9.84. The number of nitrogens with one attached hydrogen (secondary N) is 1. The van der Waals surface area contributed by atoms with Gasteiger partial charge in [0.25, 0.3) is 5.91 Å². The number of hydrogen-bond acceptors (Lipinski definition) is 3. The molecule has 5 nitrogen and oxygen atoms in total. The highest BCUT2D eigenvalue weighted by molar-refractivity contribution is 5.91. The van der Waals surface area contributed by atoms with Crippen molar-refractivity contribution in [3.8, 4) is 0 Å². The summed E-state index contributed by atoms with van der Waals surface area (Å²) in [6.45, 7) is 1.76. The Morgan fingerprint density at radius 1 is 1.00 bits per heavy atom. The highest BCUT2D eigenvalue weighted by Gasteiger charge is 2.28. The average molecular weight is 388 g/mol. The molecule has 1 aliphatic rings. The fourth-order valence-electron chi connectivity index (χ4n) is 3.86. The number of carbonyl (C=O) groups is 2. The van der Waals surface area contributed by atoms with Crippen LogP contribution in [0.5, 0.6) is 0 Å². The molecule has 0 saturated heterocycles. The predicted molar refractivity (Wildman–Crippen MR) is 110 cm³/mol. The minimum absolute atomic E-state index is 0.118. The lowest BCUT2D eigenvalue weighted by Gasteiger charge is -2.35. The van der Waals surface area contributed by atoms with Gasteiger partial charge in [0.05, 0.1) is 6.26 Å². The van der Waals surface area contributed by atoms with E-state index in [0.717, 1.165) is 0 Å². The molecule has 0 radical (unpaired) electrons. The van der Waals surface area contributed by atoms with E-state index in [2.05, 4.69) is 35.6 Å². The number of carbonyl (C=O) groups excluding carboxylic acids is 2. The van der Waals surface area contributed by atoms with E-state index in [1.54, 1.807) is 12.1 Å². The van der Waals surface area contributed by atoms with E-state index >= 15 is 0 Å². The summed E-state index contributed by atoms with van der Waals surface area (Å²) in [5.41, 5.74) is 3.73. The fourth-order valence-corrected chi connectivity index (χ4v) is 3.86. The molecule has 0 spiro atoms. The maximum absolute atomic E-state index is 12.9. The molecule has 1 aliphatic heterocycles. The number of fused-ring (bicyclic) bond motifs is 1. The molecule has 3 aromatic rings. The third-order valence-electron chi connectivity index (χ3n) is 5.35. The molecule has 1 aromatic heterocycles. The van der Waals surface area contributed by atoms with Crippen LogP contribution in [0, 0.1) is 0 Å². The van der Waals surface area contributed by atoms with Crippen molar-refractivity contribution in [1.29, 1.82) is 0 Å². The minimum Gasteiger partial charge on any atom is -0.459 e. The van der Waals surface area contributed by atoms with Gasteiger partial charge in [-0.05, 0) is 35.2 Å². The quantitative estimate of drug-likeness (QED) is 0.650. The first kappa shape index (κ1) is 19.0. The van der Waals surface area contributed by atoms with Crippen LogP contribution in [0.1, 0.15) is 46.0 Å². The van der Waals surface area contributed by atoms with Gasteiger partial charge in [0.15, 0.2) is 5.76 Å². The van der Waals surface area contributed by atoms with Gasteiger partial charge in [-0.15, -0.1) is 0 Å². The average Bonchev–Trinajstić information content (AvgIpc) is 3.31. The monoisotopic (exact) mass is 388 g/mol. The number of amides is 2. The molecule has 5 heteroatoms. The normalized spacial score (nSPS) is 15.6. The van der Waals surface area contributed by atoms with E-state index in [1.165, 1.54) is 23.0 Å². The highest BCUT2D eigenvalue weighted by atomic mass is 16.3. The van der Waals surface area contributed by atoms with E-state index in [1.807, 2.05) is 29.2 Å².